The van der Waals surface area contributed by atoms with Gasteiger partial charge < -0.3 is 5.32 Å². The molecule has 1 aromatic carbocycles. The average Bonchev–Trinajstić information content (AvgIpc) is 2.45. The van der Waals surface area contributed by atoms with Crippen molar-refractivity contribution in [2.24, 2.45) is 5.92 Å². The summed E-state index contributed by atoms with van der Waals surface area (Å²) < 4.78 is 13.3. The first-order valence-corrected chi connectivity index (χ1v) is 7.16. The van der Waals surface area contributed by atoms with Crippen molar-refractivity contribution in [2.45, 2.75) is 51.6 Å². The highest BCUT2D eigenvalue weighted by molar-refractivity contribution is 5.37. The second-order valence-corrected chi connectivity index (χ2v) is 5.35. The van der Waals surface area contributed by atoms with E-state index in [1.807, 2.05) is 0 Å². The van der Waals surface area contributed by atoms with Crippen molar-refractivity contribution < 1.29 is 4.39 Å². The van der Waals surface area contributed by atoms with Gasteiger partial charge in [0.05, 0.1) is 11.6 Å². The standard InChI is InChI=1S/C16H21FN2/c1-2-12-5-3-4-6-16(12)19-11-14-9-15(17)8-7-13(14)10-18/h7-9,12,16,19H,2-6,11H2,1H3. The van der Waals surface area contributed by atoms with Crippen molar-refractivity contribution in [2.75, 3.05) is 0 Å². The van der Waals surface area contributed by atoms with E-state index in [1.54, 1.807) is 6.07 Å². The van der Waals surface area contributed by atoms with E-state index in [2.05, 4.69) is 18.3 Å². The molecule has 1 N–H and O–H groups in total. The summed E-state index contributed by atoms with van der Waals surface area (Å²) in [6, 6.07) is 7.01. The third-order valence-electron chi connectivity index (χ3n) is 4.18. The van der Waals surface area contributed by atoms with Gasteiger partial charge >= 0.3 is 0 Å². The van der Waals surface area contributed by atoms with Crippen molar-refractivity contribution in [3.8, 4) is 6.07 Å². The molecule has 19 heavy (non-hydrogen) atoms. The van der Waals surface area contributed by atoms with Crippen LogP contribution in [-0.2, 0) is 6.54 Å². The Kier molecular flexibility index (Phi) is 4.93. The number of rotatable bonds is 4. The summed E-state index contributed by atoms with van der Waals surface area (Å²) in [5.41, 5.74) is 1.33. The minimum atomic E-state index is -0.272. The Morgan fingerprint density at radius 2 is 2.16 bits per heavy atom. The lowest BCUT2D eigenvalue weighted by molar-refractivity contribution is 0.254. The molecule has 2 nitrogen and oxygen atoms in total. The van der Waals surface area contributed by atoms with E-state index in [0.29, 0.717) is 24.1 Å². The van der Waals surface area contributed by atoms with E-state index in [4.69, 9.17) is 5.26 Å². The summed E-state index contributed by atoms with van der Waals surface area (Å²) in [4.78, 5) is 0. The largest absolute Gasteiger partial charge is 0.310 e. The molecule has 0 aromatic heterocycles. The molecular weight excluding hydrogens is 239 g/mol. The molecule has 3 heteroatoms. The molecule has 1 saturated carbocycles. The van der Waals surface area contributed by atoms with Gasteiger partial charge in [0.25, 0.3) is 0 Å². The van der Waals surface area contributed by atoms with Gasteiger partial charge in [0, 0.05) is 12.6 Å². The first kappa shape index (κ1) is 14.0. The Morgan fingerprint density at radius 1 is 1.37 bits per heavy atom. The fourth-order valence-corrected chi connectivity index (χ4v) is 3.02. The zero-order valence-electron chi connectivity index (χ0n) is 11.5. The van der Waals surface area contributed by atoms with Gasteiger partial charge in [-0.3, -0.25) is 0 Å². The quantitative estimate of drug-likeness (QED) is 0.894. The van der Waals surface area contributed by atoms with Crippen molar-refractivity contribution in [1.29, 1.82) is 5.26 Å². The Labute approximate surface area is 114 Å². The molecule has 0 saturated heterocycles. The lowest BCUT2D eigenvalue weighted by Crippen LogP contribution is -2.38. The second-order valence-electron chi connectivity index (χ2n) is 5.35. The van der Waals surface area contributed by atoms with Gasteiger partial charge in [0.1, 0.15) is 5.82 Å². The number of nitrogens with zero attached hydrogens (tertiary/aromatic N) is 1. The molecule has 0 radical (unpaired) electrons. The number of nitrogens with one attached hydrogen (secondary N) is 1. The summed E-state index contributed by atoms with van der Waals surface area (Å²) in [7, 11) is 0. The number of halogens is 1. The van der Waals surface area contributed by atoms with Gasteiger partial charge in [-0.2, -0.15) is 5.26 Å². The third-order valence-corrected chi connectivity index (χ3v) is 4.18. The van der Waals surface area contributed by atoms with Crippen molar-refractivity contribution >= 4 is 0 Å². The Hall–Kier alpha value is -1.40. The van der Waals surface area contributed by atoms with Crippen LogP contribution in [-0.4, -0.2) is 6.04 Å². The summed E-state index contributed by atoms with van der Waals surface area (Å²) >= 11 is 0. The van der Waals surface area contributed by atoms with Crippen LogP contribution in [0.5, 0.6) is 0 Å². The average molecular weight is 260 g/mol. The maximum atomic E-state index is 13.3. The maximum absolute atomic E-state index is 13.3. The molecule has 0 amide bonds. The predicted molar refractivity (Wildman–Crippen MR) is 74.0 cm³/mol. The number of benzene rings is 1. The van der Waals surface area contributed by atoms with Gasteiger partial charge in [-0.1, -0.05) is 26.2 Å². The minimum Gasteiger partial charge on any atom is -0.310 e. The van der Waals surface area contributed by atoms with Crippen molar-refractivity contribution in [3.05, 3.63) is 35.1 Å². The van der Waals surface area contributed by atoms with Crippen LogP contribution >= 0.6 is 0 Å². The number of hydrogen-bond acceptors (Lipinski definition) is 2. The zero-order chi connectivity index (χ0) is 13.7. The molecule has 0 bridgehead atoms. The predicted octanol–water partition coefficient (Wildman–Crippen LogP) is 3.76. The molecule has 1 aliphatic rings. The smallest absolute Gasteiger partial charge is 0.123 e. The van der Waals surface area contributed by atoms with Crippen LogP contribution in [0.25, 0.3) is 0 Å². The second kappa shape index (κ2) is 6.68. The van der Waals surface area contributed by atoms with E-state index in [0.717, 1.165) is 5.56 Å². The Bertz CT molecular complexity index is 464. The van der Waals surface area contributed by atoms with E-state index in [9.17, 15) is 4.39 Å². The van der Waals surface area contributed by atoms with Gasteiger partial charge in [0.15, 0.2) is 0 Å². The lowest BCUT2D eigenvalue weighted by Gasteiger charge is -2.31. The van der Waals surface area contributed by atoms with Crippen LogP contribution in [0.3, 0.4) is 0 Å². The highest BCUT2D eigenvalue weighted by Gasteiger charge is 2.23. The van der Waals surface area contributed by atoms with E-state index in [-0.39, 0.29) is 5.82 Å². The fraction of sp³-hybridized carbons (Fsp3) is 0.562. The Balaban J connectivity index is 2.01. The topological polar surface area (TPSA) is 35.8 Å². The molecule has 2 unspecified atom stereocenters. The molecule has 0 heterocycles. The molecule has 1 aromatic rings. The van der Waals surface area contributed by atoms with E-state index in [1.165, 1.54) is 44.2 Å². The van der Waals surface area contributed by atoms with Crippen LogP contribution in [0.1, 0.15) is 50.2 Å². The highest BCUT2D eigenvalue weighted by atomic mass is 19.1. The SMILES string of the molecule is CCC1CCCCC1NCc1cc(F)ccc1C#N. The monoisotopic (exact) mass is 260 g/mol. The summed E-state index contributed by atoms with van der Waals surface area (Å²) in [5, 5.41) is 12.6. The van der Waals surface area contributed by atoms with Gasteiger partial charge in [-0.15, -0.1) is 0 Å². The number of nitriles is 1. The summed E-state index contributed by atoms with van der Waals surface area (Å²) in [5.74, 6) is 0.444. The molecular formula is C16H21FN2. The van der Waals surface area contributed by atoms with E-state index >= 15 is 0 Å². The van der Waals surface area contributed by atoms with Crippen LogP contribution in [0.2, 0.25) is 0 Å². The van der Waals surface area contributed by atoms with Gasteiger partial charge in [-0.25, -0.2) is 4.39 Å². The molecule has 1 fully saturated rings. The third kappa shape index (κ3) is 3.54. The molecule has 0 aliphatic heterocycles. The minimum absolute atomic E-state index is 0.272. The van der Waals surface area contributed by atoms with Gasteiger partial charge in [-0.05, 0) is 42.5 Å². The van der Waals surface area contributed by atoms with E-state index < -0.39 is 0 Å². The molecule has 2 atom stereocenters. The normalized spacial score (nSPS) is 23.0. The maximum Gasteiger partial charge on any atom is 0.123 e. The highest BCUT2D eigenvalue weighted by Crippen LogP contribution is 2.27. The van der Waals surface area contributed by atoms with Crippen LogP contribution < -0.4 is 5.32 Å². The first-order valence-electron chi connectivity index (χ1n) is 7.16. The Morgan fingerprint density at radius 3 is 2.89 bits per heavy atom. The van der Waals surface area contributed by atoms with Crippen LogP contribution in [0, 0.1) is 23.1 Å². The number of hydrogen-bond donors (Lipinski definition) is 1. The summed E-state index contributed by atoms with van der Waals surface area (Å²) in [6.07, 6.45) is 6.24. The lowest BCUT2D eigenvalue weighted by atomic mass is 9.83. The van der Waals surface area contributed by atoms with Crippen molar-refractivity contribution in [3.63, 3.8) is 0 Å². The van der Waals surface area contributed by atoms with Crippen LogP contribution in [0.15, 0.2) is 18.2 Å². The van der Waals surface area contributed by atoms with Gasteiger partial charge in [0.2, 0.25) is 0 Å². The molecule has 0 spiro atoms. The van der Waals surface area contributed by atoms with Crippen molar-refractivity contribution in [1.82, 2.24) is 5.32 Å². The molecule has 1 aliphatic carbocycles. The molecule has 102 valence electrons. The summed E-state index contributed by atoms with van der Waals surface area (Å²) in [6.45, 7) is 2.81. The fourth-order valence-electron chi connectivity index (χ4n) is 3.02. The zero-order valence-corrected chi connectivity index (χ0v) is 11.5. The molecule has 2 rings (SSSR count). The first-order chi connectivity index (χ1) is 9.24. The van der Waals surface area contributed by atoms with Crippen LogP contribution in [0.4, 0.5) is 4.39 Å².